The van der Waals surface area contributed by atoms with Crippen LogP contribution in [-0.4, -0.2) is 11.8 Å². The summed E-state index contributed by atoms with van der Waals surface area (Å²) in [6.45, 7) is 2.43. The molecule has 0 aliphatic carbocycles. The molecule has 0 unspecified atom stereocenters. The molecule has 0 aromatic carbocycles. The van der Waals surface area contributed by atoms with Crippen molar-refractivity contribution in [1.29, 1.82) is 0 Å². The van der Waals surface area contributed by atoms with E-state index in [9.17, 15) is 9.59 Å². The molecule has 0 saturated carbocycles. The van der Waals surface area contributed by atoms with Gasteiger partial charge in [0, 0.05) is 12.8 Å². The summed E-state index contributed by atoms with van der Waals surface area (Å²) in [6, 6.07) is 0. The first-order valence-corrected chi connectivity index (χ1v) is 13.1. The van der Waals surface area contributed by atoms with Crippen LogP contribution >= 0.6 is 0 Å². The summed E-state index contributed by atoms with van der Waals surface area (Å²) in [4.78, 5) is 21.3. The van der Waals surface area contributed by atoms with Crippen molar-refractivity contribution >= 4 is 11.8 Å². The quantitative estimate of drug-likeness (QED) is 0.161. The largest absolute Gasteiger partial charge is 0.370 e. The minimum atomic E-state index is -0.161. The Labute approximate surface area is 187 Å². The SMILES string of the molecule is CC(CCCCCCCCCCCC(N)=O)CCCCCCCCCCCC(N)=O. The van der Waals surface area contributed by atoms with Crippen LogP contribution in [0, 0.1) is 5.92 Å². The maximum absolute atomic E-state index is 10.7. The molecule has 0 spiro atoms. The molecule has 0 fully saturated rings. The molecule has 4 heteroatoms. The van der Waals surface area contributed by atoms with Crippen molar-refractivity contribution in [1.82, 2.24) is 0 Å². The van der Waals surface area contributed by atoms with Gasteiger partial charge in [-0.25, -0.2) is 0 Å². The average molecular weight is 425 g/mol. The second kappa shape index (κ2) is 22.6. The van der Waals surface area contributed by atoms with E-state index in [1.165, 1.54) is 103 Å². The van der Waals surface area contributed by atoms with Crippen molar-refractivity contribution in [3.05, 3.63) is 0 Å². The zero-order chi connectivity index (χ0) is 22.3. The lowest BCUT2D eigenvalue weighted by molar-refractivity contribution is -0.119. The third-order valence-corrected chi connectivity index (χ3v) is 6.24. The highest BCUT2D eigenvalue weighted by Gasteiger charge is 2.02. The molecule has 2 amide bonds. The lowest BCUT2D eigenvalue weighted by Crippen LogP contribution is -2.09. The third kappa shape index (κ3) is 25.0. The number of carbonyl (C=O) groups excluding carboxylic acids is 2. The van der Waals surface area contributed by atoms with Gasteiger partial charge in [0.15, 0.2) is 0 Å². The zero-order valence-electron chi connectivity index (χ0n) is 20.1. The number of amides is 2. The fraction of sp³-hybridized carbons (Fsp3) is 0.923. The Bertz CT molecular complexity index is 362. The number of carbonyl (C=O) groups is 2. The Kier molecular flexibility index (Phi) is 21.8. The van der Waals surface area contributed by atoms with Gasteiger partial charge in [-0.3, -0.25) is 9.59 Å². The van der Waals surface area contributed by atoms with E-state index in [2.05, 4.69) is 6.92 Å². The summed E-state index contributed by atoms with van der Waals surface area (Å²) in [5.74, 6) is 0.567. The highest BCUT2D eigenvalue weighted by molar-refractivity contribution is 5.73. The third-order valence-electron chi connectivity index (χ3n) is 6.24. The molecule has 0 saturated heterocycles. The normalized spacial score (nSPS) is 11.3. The minimum absolute atomic E-state index is 0.161. The van der Waals surface area contributed by atoms with E-state index in [0.29, 0.717) is 12.8 Å². The summed E-state index contributed by atoms with van der Waals surface area (Å²) >= 11 is 0. The first kappa shape index (κ1) is 28.9. The Balaban J connectivity index is 3.17. The molecule has 30 heavy (non-hydrogen) atoms. The van der Waals surface area contributed by atoms with E-state index >= 15 is 0 Å². The highest BCUT2D eigenvalue weighted by Crippen LogP contribution is 2.19. The standard InChI is InChI=1S/C26H52N2O2/c1-24(20-16-12-8-4-2-6-10-14-18-22-25(27)29)21-17-13-9-5-3-7-11-15-19-23-26(28)30/h24H,2-23H2,1H3,(H2,27,29)(H2,28,30). The number of nitrogens with two attached hydrogens (primary N) is 2. The molecule has 0 radical (unpaired) electrons. The van der Waals surface area contributed by atoms with Crippen LogP contribution in [-0.2, 0) is 9.59 Å². The molecule has 4 nitrogen and oxygen atoms in total. The average Bonchev–Trinajstić information content (AvgIpc) is 2.69. The molecule has 0 rings (SSSR count). The fourth-order valence-corrected chi connectivity index (χ4v) is 4.20. The van der Waals surface area contributed by atoms with Crippen molar-refractivity contribution in [3.8, 4) is 0 Å². The van der Waals surface area contributed by atoms with Crippen LogP contribution in [0.5, 0.6) is 0 Å². The molecule has 0 aromatic rings. The summed E-state index contributed by atoms with van der Waals surface area (Å²) in [6.07, 6.45) is 27.1. The van der Waals surface area contributed by atoms with Crippen molar-refractivity contribution < 1.29 is 9.59 Å². The summed E-state index contributed by atoms with van der Waals surface area (Å²) in [7, 11) is 0. The van der Waals surface area contributed by atoms with Gasteiger partial charge in [0.1, 0.15) is 0 Å². The molecule has 0 aliphatic heterocycles. The van der Waals surface area contributed by atoms with Gasteiger partial charge in [0.25, 0.3) is 0 Å². The smallest absolute Gasteiger partial charge is 0.217 e. The van der Waals surface area contributed by atoms with E-state index in [1.807, 2.05) is 0 Å². The van der Waals surface area contributed by atoms with Crippen LogP contribution in [0.1, 0.15) is 148 Å². The van der Waals surface area contributed by atoms with Gasteiger partial charge < -0.3 is 11.5 Å². The lowest BCUT2D eigenvalue weighted by Gasteiger charge is -2.11. The fourth-order valence-electron chi connectivity index (χ4n) is 4.20. The van der Waals surface area contributed by atoms with Crippen LogP contribution in [0.25, 0.3) is 0 Å². The molecule has 4 N–H and O–H groups in total. The van der Waals surface area contributed by atoms with Crippen LogP contribution < -0.4 is 11.5 Å². The van der Waals surface area contributed by atoms with Gasteiger partial charge in [-0.2, -0.15) is 0 Å². The molecule has 0 heterocycles. The topological polar surface area (TPSA) is 86.2 Å². The van der Waals surface area contributed by atoms with Gasteiger partial charge >= 0.3 is 0 Å². The monoisotopic (exact) mass is 424 g/mol. The van der Waals surface area contributed by atoms with Crippen molar-refractivity contribution in [2.24, 2.45) is 17.4 Å². The molecule has 178 valence electrons. The van der Waals surface area contributed by atoms with E-state index in [0.717, 1.165) is 31.6 Å². The van der Waals surface area contributed by atoms with E-state index in [4.69, 9.17) is 11.5 Å². The minimum Gasteiger partial charge on any atom is -0.370 e. The molecule has 0 atom stereocenters. The maximum Gasteiger partial charge on any atom is 0.217 e. The summed E-state index contributed by atoms with van der Waals surface area (Å²) in [5, 5.41) is 0. The molecule has 0 bridgehead atoms. The lowest BCUT2D eigenvalue weighted by atomic mass is 9.95. The number of unbranched alkanes of at least 4 members (excludes halogenated alkanes) is 16. The second-order valence-electron chi connectivity index (χ2n) is 9.48. The molecular weight excluding hydrogens is 372 g/mol. The van der Waals surface area contributed by atoms with E-state index in [1.54, 1.807) is 0 Å². The van der Waals surface area contributed by atoms with Crippen LogP contribution in [0.3, 0.4) is 0 Å². The van der Waals surface area contributed by atoms with Crippen LogP contribution in [0.2, 0.25) is 0 Å². The predicted octanol–water partition coefficient (Wildman–Crippen LogP) is 7.18. The van der Waals surface area contributed by atoms with Crippen molar-refractivity contribution in [2.75, 3.05) is 0 Å². The van der Waals surface area contributed by atoms with Gasteiger partial charge in [-0.15, -0.1) is 0 Å². The first-order chi connectivity index (χ1) is 14.5. The van der Waals surface area contributed by atoms with Gasteiger partial charge in [-0.05, 0) is 18.8 Å². The van der Waals surface area contributed by atoms with E-state index in [-0.39, 0.29) is 11.8 Å². The molecular formula is C26H52N2O2. The Morgan fingerprint density at radius 2 is 0.700 bits per heavy atom. The van der Waals surface area contributed by atoms with Crippen LogP contribution in [0.4, 0.5) is 0 Å². The molecule has 0 aliphatic rings. The zero-order valence-corrected chi connectivity index (χ0v) is 20.1. The number of rotatable bonds is 24. The maximum atomic E-state index is 10.7. The summed E-state index contributed by atoms with van der Waals surface area (Å²) in [5.41, 5.74) is 10.3. The van der Waals surface area contributed by atoms with Crippen molar-refractivity contribution in [2.45, 2.75) is 148 Å². The summed E-state index contributed by atoms with van der Waals surface area (Å²) < 4.78 is 0. The Morgan fingerprint density at radius 3 is 0.967 bits per heavy atom. The number of hydrogen-bond donors (Lipinski definition) is 2. The van der Waals surface area contributed by atoms with E-state index < -0.39 is 0 Å². The highest BCUT2D eigenvalue weighted by atomic mass is 16.1. The van der Waals surface area contributed by atoms with Gasteiger partial charge in [0.05, 0.1) is 0 Å². The van der Waals surface area contributed by atoms with Crippen molar-refractivity contribution in [3.63, 3.8) is 0 Å². The van der Waals surface area contributed by atoms with Gasteiger partial charge in [0.2, 0.25) is 11.8 Å². The molecule has 0 aromatic heterocycles. The predicted molar refractivity (Wildman–Crippen MR) is 129 cm³/mol. The number of hydrogen-bond acceptors (Lipinski definition) is 2. The van der Waals surface area contributed by atoms with Gasteiger partial charge in [-0.1, -0.05) is 122 Å². The first-order valence-electron chi connectivity index (χ1n) is 13.1. The van der Waals surface area contributed by atoms with Crippen LogP contribution in [0.15, 0.2) is 0 Å². The Hall–Kier alpha value is -1.06. The second-order valence-corrected chi connectivity index (χ2v) is 9.48. The number of primary amides is 2. The Morgan fingerprint density at radius 1 is 0.467 bits per heavy atom.